The van der Waals surface area contributed by atoms with Crippen LogP contribution in [0.4, 0.5) is 5.69 Å². The van der Waals surface area contributed by atoms with Crippen molar-refractivity contribution in [3.8, 4) is 0 Å². The number of carbonyl (C=O) groups excluding carboxylic acids is 2. The first kappa shape index (κ1) is 18.4. The fraction of sp³-hybridized carbons (Fsp3) is 0.579. The van der Waals surface area contributed by atoms with E-state index in [9.17, 15) is 19.7 Å². The number of thioether (sulfide) groups is 1. The molecule has 2 saturated heterocycles. The van der Waals surface area contributed by atoms with Gasteiger partial charge in [0.2, 0.25) is 5.91 Å². The number of fused-ring (bicyclic) bond motifs is 1. The first-order valence-corrected chi connectivity index (χ1v) is 10.5. The van der Waals surface area contributed by atoms with Crippen molar-refractivity contribution in [3.05, 3.63) is 39.4 Å². The summed E-state index contributed by atoms with van der Waals surface area (Å²) in [5.41, 5.74) is 2.18. The molecule has 1 amide bonds. The molecule has 0 spiro atoms. The summed E-state index contributed by atoms with van der Waals surface area (Å²) in [5.74, 6) is 0.965. The molecule has 7 nitrogen and oxygen atoms in total. The number of nitro benzene ring substituents is 1. The standard InChI is InChI=1S/C19H23N3O4S/c23-16(18-17(20-11-27-18)19(24)21-5-1-2-6-21)9-12-7-13-3-4-15(22(25)26)10-14(13)8-12/h3-4,10,12,17-18,20H,1-2,5-9,11H2/t12?,17-,18?/m0/s1. The van der Waals surface area contributed by atoms with Crippen LogP contribution in [0.15, 0.2) is 18.2 Å². The lowest BCUT2D eigenvalue weighted by atomic mass is 9.95. The summed E-state index contributed by atoms with van der Waals surface area (Å²) < 4.78 is 0. The molecule has 27 heavy (non-hydrogen) atoms. The molecule has 1 aromatic rings. The molecular weight excluding hydrogens is 366 g/mol. The zero-order chi connectivity index (χ0) is 19.0. The average Bonchev–Trinajstić information content (AvgIpc) is 3.39. The van der Waals surface area contributed by atoms with Crippen molar-refractivity contribution < 1.29 is 14.5 Å². The predicted octanol–water partition coefficient (Wildman–Crippen LogP) is 1.92. The molecule has 1 N–H and O–H groups in total. The minimum atomic E-state index is -0.412. The summed E-state index contributed by atoms with van der Waals surface area (Å²) in [6.07, 6.45) is 3.96. The van der Waals surface area contributed by atoms with Crippen LogP contribution < -0.4 is 5.32 Å². The molecule has 144 valence electrons. The zero-order valence-electron chi connectivity index (χ0n) is 15.1. The lowest BCUT2D eigenvalue weighted by Crippen LogP contribution is -2.49. The quantitative estimate of drug-likeness (QED) is 0.611. The number of hydrogen-bond acceptors (Lipinski definition) is 6. The van der Waals surface area contributed by atoms with E-state index in [2.05, 4.69) is 5.32 Å². The molecule has 8 heteroatoms. The van der Waals surface area contributed by atoms with Crippen molar-refractivity contribution in [2.75, 3.05) is 19.0 Å². The fourth-order valence-electron chi connectivity index (χ4n) is 4.42. The Kier molecular flexibility index (Phi) is 5.19. The maximum atomic E-state index is 12.9. The van der Waals surface area contributed by atoms with E-state index in [0.29, 0.717) is 18.7 Å². The summed E-state index contributed by atoms with van der Waals surface area (Å²) in [5, 5.41) is 13.8. The number of Topliss-reactive ketones (excluding diaryl/α,β-unsaturated/α-hetero) is 1. The van der Waals surface area contributed by atoms with Crippen molar-refractivity contribution in [2.45, 2.75) is 43.4 Å². The van der Waals surface area contributed by atoms with E-state index >= 15 is 0 Å². The van der Waals surface area contributed by atoms with Crippen LogP contribution in [-0.4, -0.2) is 51.8 Å². The number of carbonyl (C=O) groups is 2. The van der Waals surface area contributed by atoms with Crippen LogP contribution in [0.2, 0.25) is 0 Å². The molecule has 0 aromatic heterocycles. The number of nitro groups is 1. The van der Waals surface area contributed by atoms with Crippen LogP contribution in [0.25, 0.3) is 0 Å². The molecular formula is C19H23N3O4S. The van der Waals surface area contributed by atoms with Gasteiger partial charge in [-0.15, -0.1) is 11.8 Å². The molecule has 0 saturated carbocycles. The number of rotatable bonds is 5. The largest absolute Gasteiger partial charge is 0.341 e. The van der Waals surface area contributed by atoms with Crippen LogP contribution in [0.1, 0.15) is 30.4 Å². The zero-order valence-corrected chi connectivity index (χ0v) is 15.9. The molecule has 0 bridgehead atoms. The highest BCUT2D eigenvalue weighted by molar-refractivity contribution is 8.00. The number of nitrogens with one attached hydrogen (secondary N) is 1. The first-order valence-electron chi connectivity index (χ1n) is 9.45. The Balaban J connectivity index is 1.38. The van der Waals surface area contributed by atoms with E-state index in [1.54, 1.807) is 6.07 Å². The van der Waals surface area contributed by atoms with Crippen molar-refractivity contribution in [1.82, 2.24) is 10.2 Å². The number of likely N-dealkylation sites (tertiary alicyclic amines) is 1. The highest BCUT2D eigenvalue weighted by Crippen LogP contribution is 2.34. The van der Waals surface area contributed by atoms with Gasteiger partial charge in [0, 0.05) is 37.5 Å². The smallest absolute Gasteiger partial charge is 0.269 e. The highest BCUT2D eigenvalue weighted by atomic mass is 32.2. The van der Waals surface area contributed by atoms with E-state index in [4.69, 9.17) is 0 Å². The van der Waals surface area contributed by atoms with Gasteiger partial charge in [0.1, 0.15) is 11.8 Å². The highest BCUT2D eigenvalue weighted by Gasteiger charge is 2.41. The third-order valence-corrected chi connectivity index (χ3v) is 7.01. The Hall–Kier alpha value is -1.93. The monoisotopic (exact) mass is 389 g/mol. The molecule has 2 aliphatic heterocycles. The second kappa shape index (κ2) is 7.59. The van der Waals surface area contributed by atoms with Gasteiger partial charge in [-0.05, 0) is 42.7 Å². The van der Waals surface area contributed by atoms with E-state index < -0.39 is 6.04 Å². The third kappa shape index (κ3) is 3.73. The number of amides is 1. The van der Waals surface area contributed by atoms with Crippen LogP contribution in [0.5, 0.6) is 0 Å². The molecule has 1 aliphatic carbocycles. The van der Waals surface area contributed by atoms with Gasteiger partial charge >= 0.3 is 0 Å². The normalized spacial score (nSPS) is 27.0. The molecule has 0 radical (unpaired) electrons. The summed E-state index contributed by atoms with van der Waals surface area (Å²) in [7, 11) is 0. The predicted molar refractivity (Wildman–Crippen MR) is 103 cm³/mol. The second-order valence-corrected chi connectivity index (χ2v) is 8.73. The molecule has 2 heterocycles. The van der Waals surface area contributed by atoms with Crippen molar-refractivity contribution >= 4 is 29.1 Å². The van der Waals surface area contributed by atoms with Gasteiger partial charge in [-0.2, -0.15) is 0 Å². The van der Waals surface area contributed by atoms with Gasteiger partial charge in [-0.3, -0.25) is 25.0 Å². The van der Waals surface area contributed by atoms with Crippen LogP contribution in [0.3, 0.4) is 0 Å². The molecule has 1 aromatic carbocycles. The number of nitrogens with zero attached hydrogens (tertiary/aromatic N) is 2. The summed E-state index contributed by atoms with van der Waals surface area (Å²) in [6.45, 7) is 1.58. The second-order valence-electron chi connectivity index (χ2n) is 7.60. The van der Waals surface area contributed by atoms with Gasteiger partial charge in [-0.25, -0.2) is 0 Å². The maximum Gasteiger partial charge on any atom is 0.269 e. The van der Waals surface area contributed by atoms with E-state index in [1.165, 1.54) is 17.8 Å². The van der Waals surface area contributed by atoms with Crippen LogP contribution in [-0.2, 0) is 22.4 Å². The molecule has 2 fully saturated rings. The Bertz CT molecular complexity index is 778. The van der Waals surface area contributed by atoms with Gasteiger partial charge in [0.25, 0.3) is 5.69 Å². The Morgan fingerprint density at radius 1 is 1.22 bits per heavy atom. The van der Waals surface area contributed by atoms with Crippen LogP contribution in [0, 0.1) is 16.0 Å². The molecule has 4 rings (SSSR count). The van der Waals surface area contributed by atoms with E-state index in [1.807, 2.05) is 11.0 Å². The Labute approximate surface area is 162 Å². The third-order valence-electron chi connectivity index (χ3n) is 5.78. The first-order chi connectivity index (χ1) is 13.0. The minimum absolute atomic E-state index is 0.0567. The lowest BCUT2D eigenvalue weighted by Gasteiger charge is -2.24. The lowest BCUT2D eigenvalue weighted by molar-refractivity contribution is -0.384. The molecule has 3 atom stereocenters. The summed E-state index contributed by atoms with van der Waals surface area (Å²) in [6, 6.07) is 4.56. The summed E-state index contributed by atoms with van der Waals surface area (Å²) >= 11 is 1.52. The van der Waals surface area contributed by atoms with E-state index in [0.717, 1.165) is 43.5 Å². The molecule has 3 aliphatic rings. The topological polar surface area (TPSA) is 92.5 Å². The average molecular weight is 389 g/mol. The summed E-state index contributed by atoms with van der Waals surface area (Å²) in [4.78, 5) is 38.1. The van der Waals surface area contributed by atoms with Crippen LogP contribution >= 0.6 is 11.8 Å². The molecule has 2 unspecified atom stereocenters. The maximum absolute atomic E-state index is 12.9. The van der Waals surface area contributed by atoms with Gasteiger partial charge in [0.05, 0.1) is 10.2 Å². The van der Waals surface area contributed by atoms with Gasteiger partial charge in [-0.1, -0.05) is 6.07 Å². The number of hydrogen-bond donors (Lipinski definition) is 1. The Morgan fingerprint density at radius 2 is 1.96 bits per heavy atom. The number of benzene rings is 1. The SMILES string of the molecule is O=C(CC1Cc2ccc([N+](=O)[O-])cc2C1)C1SCN[C@@H]1C(=O)N1CCCC1. The van der Waals surface area contributed by atoms with Crippen molar-refractivity contribution in [1.29, 1.82) is 0 Å². The minimum Gasteiger partial charge on any atom is -0.341 e. The van der Waals surface area contributed by atoms with Crippen molar-refractivity contribution in [2.24, 2.45) is 5.92 Å². The van der Waals surface area contributed by atoms with Gasteiger partial charge in [0.15, 0.2) is 0 Å². The Morgan fingerprint density at radius 3 is 2.70 bits per heavy atom. The number of non-ortho nitro benzene ring substituents is 1. The fourth-order valence-corrected chi connectivity index (χ4v) is 5.56. The van der Waals surface area contributed by atoms with Crippen molar-refractivity contribution in [3.63, 3.8) is 0 Å². The van der Waals surface area contributed by atoms with Gasteiger partial charge < -0.3 is 4.90 Å². The number of ketones is 1. The van der Waals surface area contributed by atoms with E-state index in [-0.39, 0.29) is 33.5 Å².